The molecule has 1 aliphatic rings. The first-order chi connectivity index (χ1) is 9.02. The minimum absolute atomic E-state index is 0.490. The monoisotopic (exact) mass is 263 g/mol. The highest BCUT2D eigenvalue weighted by Crippen LogP contribution is 2.37. The molecule has 1 aromatic rings. The van der Waals surface area contributed by atoms with Gasteiger partial charge in [0.15, 0.2) is 0 Å². The first-order valence-electron chi connectivity index (χ1n) is 6.98. The van der Waals surface area contributed by atoms with Crippen LogP contribution in [-0.4, -0.2) is 20.3 Å². The third-order valence-corrected chi connectivity index (χ3v) is 3.97. The highest BCUT2D eigenvalue weighted by Gasteiger charge is 2.30. The molecule has 1 N–H and O–H groups in total. The minimum atomic E-state index is 0.490. The van der Waals surface area contributed by atoms with E-state index in [0.717, 1.165) is 18.0 Å². The van der Waals surface area contributed by atoms with Crippen molar-refractivity contribution in [1.82, 2.24) is 5.32 Å². The molecule has 2 rings (SSSR count). The van der Waals surface area contributed by atoms with Gasteiger partial charge in [-0.05, 0) is 42.4 Å². The average Bonchev–Trinajstić information content (AvgIpc) is 2.75. The zero-order valence-corrected chi connectivity index (χ0v) is 12.5. The summed E-state index contributed by atoms with van der Waals surface area (Å²) in [5.41, 5.74) is 1.70. The lowest BCUT2D eigenvalue weighted by Crippen LogP contribution is -2.26. The van der Waals surface area contributed by atoms with Crippen LogP contribution < -0.4 is 14.8 Å². The van der Waals surface area contributed by atoms with Crippen LogP contribution in [0.1, 0.15) is 38.7 Å². The lowest BCUT2D eigenvalue weighted by atomic mass is 9.92. The van der Waals surface area contributed by atoms with Gasteiger partial charge in [-0.3, -0.25) is 0 Å². The maximum atomic E-state index is 5.29. The first-order valence-corrected chi connectivity index (χ1v) is 6.98. The molecule has 0 spiro atoms. The quantitative estimate of drug-likeness (QED) is 0.883. The zero-order chi connectivity index (χ0) is 13.9. The number of hydrogen-bond acceptors (Lipinski definition) is 3. The van der Waals surface area contributed by atoms with Crippen molar-refractivity contribution in [2.75, 3.05) is 14.2 Å². The van der Waals surface area contributed by atoms with Crippen molar-refractivity contribution in [2.45, 2.75) is 45.7 Å². The predicted molar refractivity (Wildman–Crippen MR) is 77.8 cm³/mol. The Kier molecular flexibility index (Phi) is 4.35. The van der Waals surface area contributed by atoms with Crippen molar-refractivity contribution in [2.24, 2.45) is 5.41 Å². The Balaban J connectivity index is 1.96. The standard InChI is InChI=1S/C16H25NO2/c1-16(2)6-5-13(10-16)17-11-12-7-14(18-3)9-15(8-12)19-4/h7-9,13,17H,5-6,10-11H2,1-4H3. The molecular weight excluding hydrogens is 238 g/mol. The fraction of sp³-hybridized carbons (Fsp3) is 0.625. The van der Waals surface area contributed by atoms with Gasteiger partial charge in [0, 0.05) is 18.7 Å². The summed E-state index contributed by atoms with van der Waals surface area (Å²) in [6.07, 6.45) is 3.84. The summed E-state index contributed by atoms with van der Waals surface area (Å²) in [5.74, 6) is 1.70. The lowest BCUT2D eigenvalue weighted by molar-refractivity contribution is 0.363. The molecule has 19 heavy (non-hydrogen) atoms. The summed E-state index contributed by atoms with van der Waals surface area (Å²) in [5, 5.41) is 3.65. The van der Waals surface area contributed by atoms with Crippen LogP contribution in [0.15, 0.2) is 18.2 Å². The first kappa shape index (κ1) is 14.2. The Morgan fingerprint density at radius 1 is 1.16 bits per heavy atom. The molecule has 0 saturated heterocycles. The summed E-state index contributed by atoms with van der Waals surface area (Å²) in [7, 11) is 3.37. The highest BCUT2D eigenvalue weighted by atomic mass is 16.5. The maximum absolute atomic E-state index is 5.29. The summed E-state index contributed by atoms with van der Waals surface area (Å²) in [6, 6.07) is 6.67. The van der Waals surface area contributed by atoms with E-state index in [1.807, 2.05) is 6.07 Å². The molecule has 0 heterocycles. The van der Waals surface area contributed by atoms with Gasteiger partial charge in [-0.25, -0.2) is 0 Å². The van der Waals surface area contributed by atoms with Crippen molar-refractivity contribution in [3.05, 3.63) is 23.8 Å². The van der Waals surface area contributed by atoms with Gasteiger partial charge in [-0.2, -0.15) is 0 Å². The molecule has 3 heteroatoms. The fourth-order valence-electron chi connectivity index (χ4n) is 2.84. The summed E-state index contributed by atoms with van der Waals surface area (Å²) < 4.78 is 10.6. The Hall–Kier alpha value is -1.22. The summed E-state index contributed by atoms with van der Waals surface area (Å²) in [4.78, 5) is 0. The van der Waals surface area contributed by atoms with Crippen LogP contribution in [0.4, 0.5) is 0 Å². The van der Waals surface area contributed by atoms with Gasteiger partial charge < -0.3 is 14.8 Å². The van der Waals surface area contributed by atoms with Crippen LogP contribution in [0, 0.1) is 5.41 Å². The SMILES string of the molecule is COc1cc(CNC2CCC(C)(C)C2)cc(OC)c1. The molecule has 1 unspecified atom stereocenters. The van der Waals surface area contributed by atoms with E-state index in [-0.39, 0.29) is 0 Å². The van der Waals surface area contributed by atoms with Gasteiger partial charge >= 0.3 is 0 Å². The summed E-state index contributed by atoms with van der Waals surface area (Å²) >= 11 is 0. The smallest absolute Gasteiger partial charge is 0.122 e. The second-order valence-corrected chi connectivity index (χ2v) is 6.21. The van der Waals surface area contributed by atoms with E-state index >= 15 is 0 Å². The van der Waals surface area contributed by atoms with Gasteiger partial charge in [0.1, 0.15) is 11.5 Å². The number of ether oxygens (including phenoxy) is 2. The van der Waals surface area contributed by atoms with Crippen molar-refractivity contribution >= 4 is 0 Å². The van der Waals surface area contributed by atoms with Crippen LogP contribution in [-0.2, 0) is 6.54 Å². The molecule has 0 aliphatic heterocycles. The topological polar surface area (TPSA) is 30.5 Å². The van der Waals surface area contributed by atoms with Crippen molar-refractivity contribution < 1.29 is 9.47 Å². The van der Waals surface area contributed by atoms with Crippen LogP contribution in [0.5, 0.6) is 11.5 Å². The molecule has 1 saturated carbocycles. The third-order valence-electron chi connectivity index (χ3n) is 3.97. The number of rotatable bonds is 5. The maximum Gasteiger partial charge on any atom is 0.122 e. The van der Waals surface area contributed by atoms with E-state index in [0.29, 0.717) is 11.5 Å². The molecule has 0 aromatic heterocycles. The third kappa shape index (κ3) is 3.87. The van der Waals surface area contributed by atoms with E-state index in [1.165, 1.54) is 24.8 Å². The molecule has 0 bridgehead atoms. The van der Waals surface area contributed by atoms with E-state index in [1.54, 1.807) is 14.2 Å². The van der Waals surface area contributed by atoms with Crippen LogP contribution in [0.25, 0.3) is 0 Å². The lowest BCUT2D eigenvalue weighted by Gasteiger charge is -2.18. The van der Waals surface area contributed by atoms with E-state index in [9.17, 15) is 0 Å². The number of hydrogen-bond donors (Lipinski definition) is 1. The second kappa shape index (κ2) is 5.83. The van der Waals surface area contributed by atoms with Crippen LogP contribution in [0.3, 0.4) is 0 Å². The average molecular weight is 263 g/mol. The Labute approximate surface area is 116 Å². The van der Waals surface area contributed by atoms with E-state index in [2.05, 4.69) is 31.3 Å². The molecule has 1 aromatic carbocycles. The molecule has 1 aliphatic carbocycles. The van der Waals surface area contributed by atoms with Gasteiger partial charge in [0.05, 0.1) is 14.2 Å². The van der Waals surface area contributed by atoms with E-state index in [4.69, 9.17) is 9.47 Å². The van der Waals surface area contributed by atoms with Crippen LogP contribution >= 0.6 is 0 Å². The highest BCUT2D eigenvalue weighted by molar-refractivity contribution is 5.38. The van der Waals surface area contributed by atoms with Crippen molar-refractivity contribution in [1.29, 1.82) is 0 Å². The Morgan fingerprint density at radius 3 is 2.26 bits per heavy atom. The van der Waals surface area contributed by atoms with Gasteiger partial charge in [0.25, 0.3) is 0 Å². The molecule has 0 amide bonds. The number of nitrogens with one attached hydrogen (secondary N) is 1. The van der Waals surface area contributed by atoms with Crippen molar-refractivity contribution in [3.8, 4) is 11.5 Å². The van der Waals surface area contributed by atoms with Gasteiger partial charge in [0.2, 0.25) is 0 Å². The fourth-order valence-corrected chi connectivity index (χ4v) is 2.84. The molecule has 3 nitrogen and oxygen atoms in total. The predicted octanol–water partition coefficient (Wildman–Crippen LogP) is 3.37. The number of methoxy groups -OCH3 is 2. The second-order valence-electron chi connectivity index (χ2n) is 6.21. The Bertz CT molecular complexity index is 407. The molecule has 1 atom stereocenters. The molecule has 1 fully saturated rings. The molecule has 0 radical (unpaired) electrons. The van der Waals surface area contributed by atoms with Crippen LogP contribution in [0.2, 0.25) is 0 Å². The van der Waals surface area contributed by atoms with Gasteiger partial charge in [-0.1, -0.05) is 13.8 Å². The number of benzene rings is 1. The molecule has 106 valence electrons. The van der Waals surface area contributed by atoms with E-state index < -0.39 is 0 Å². The normalized spacial score (nSPS) is 21.4. The zero-order valence-electron chi connectivity index (χ0n) is 12.5. The Morgan fingerprint density at radius 2 is 1.79 bits per heavy atom. The summed E-state index contributed by atoms with van der Waals surface area (Å²) in [6.45, 7) is 5.57. The minimum Gasteiger partial charge on any atom is -0.497 e. The molecular formula is C16H25NO2. The largest absolute Gasteiger partial charge is 0.497 e. The van der Waals surface area contributed by atoms with Crippen molar-refractivity contribution in [3.63, 3.8) is 0 Å². The van der Waals surface area contributed by atoms with Gasteiger partial charge in [-0.15, -0.1) is 0 Å².